The van der Waals surface area contributed by atoms with Crippen molar-refractivity contribution in [3.8, 4) is 0 Å². The molecule has 2 aliphatic rings. The maximum absolute atomic E-state index is 10.6. The second-order valence-electron chi connectivity index (χ2n) is 5.20. The summed E-state index contributed by atoms with van der Waals surface area (Å²) < 4.78 is 0. The summed E-state index contributed by atoms with van der Waals surface area (Å²) in [5.41, 5.74) is 0.00604. The highest BCUT2D eigenvalue weighted by Crippen LogP contribution is 2.44. The van der Waals surface area contributed by atoms with Gasteiger partial charge < -0.3 is 0 Å². The normalized spacial score (nSPS) is 26.9. The van der Waals surface area contributed by atoms with Crippen LogP contribution in [0.15, 0.2) is 4.99 Å². The molecule has 2 heteroatoms. The molecule has 15 heavy (non-hydrogen) atoms. The van der Waals surface area contributed by atoms with Gasteiger partial charge in [-0.2, -0.15) is 4.99 Å². The highest BCUT2D eigenvalue weighted by Gasteiger charge is 2.41. The molecule has 0 aliphatic heterocycles. The summed E-state index contributed by atoms with van der Waals surface area (Å²) in [6.07, 6.45) is 14.6. The van der Waals surface area contributed by atoms with Crippen molar-refractivity contribution in [2.45, 2.75) is 69.7 Å². The first-order chi connectivity index (χ1) is 7.37. The molecular formula is C13H21NO. The molecule has 0 atom stereocenters. The van der Waals surface area contributed by atoms with Gasteiger partial charge in [-0.05, 0) is 31.6 Å². The molecule has 2 saturated carbocycles. The minimum Gasteiger partial charge on any atom is -0.211 e. The van der Waals surface area contributed by atoms with E-state index in [-0.39, 0.29) is 5.54 Å². The van der Waals surface area contributed by atoms with Crippen molar-refractivity contribution >= 4 is 6.08 Å². The molecule has 2 nitrogen and oxygen atoms in total. The smallest absolute Gasteiger partial charge is 0.211 e. The number of hydrogen-bond donors (Lipinski definition) is 0. The van der Waals surface area contributed by atoms with Crippen molar-refractivity contribution in [3.63, 3.8) is 0 Å². The third-order valence-electron chi connectivity index (χ3n) is 4.35. The van der Waals surface area contributed by atoms with Crippen molar-refractivity contribution in [2.24, 2.45) is 10.9 Å². The van der Waals surface area contributed by atoms with Gasteiger partial charge >= 0.3 is 0 Å². The van der Waals surface area contributed by atoms with Crippen LogP contribution in [-0.4, -0.2) is 11.6 Å². The second kappa shape index (κ2) is 4.94. The molecule has 0 aromatic carbocycles. The van der Waals surface area contributed by atoms with Gasteiger partial charge in [0.1, 0.15) is 0 Å². The number of isocyanates is 1. The van der Waals surface area contributed by atoms with Crippen LogP contribution in [0.3, 0.4) is 0 Å². The molecule has 2 fully saturated rings. The van der Waals surface area contributed by atoms with Gasteiger partial charge in [-0.1, -0.05) is 38.5 Å². The summed E-state index contributed by atoms with van der Waals surface area (Å²) in [7, 11) is 0. The van der Waals surface area contributed by atoms with Gasteiger partial charge in [0.05, 0.1) is 5.54 Å². The van der Waals surface area contributed by atoms with Gasteiger partial charge in [0.25, 0.3) is 0 Å². The molecule has 0 spiro atoms. The predicted octanol–water partition coefficient (Wildman–Crippen LogP) is 3.61. The number of rotatable bonds is 2. The molecule has 2 aliphatic carbocycles. The lowest BCUT2D eigenvalue weighted by atomic mass is 9.78. The summed E-state index contributed by atoms with van der Waals surface area (Å²) in [5, 5.41) is 0. The molecule has 0 heterocycles. The Labute approximate surface area is 92.2 Å². The summed E-state index contributed by atoms with van der Waals surface area (Å²) in [6.45, 7) is 0. The van der Waals surface area contributed by atoms with Gasteiger partial charge in [-0.15, -0.1) is 0 Å². The van der Waals surface area contributed by atoms with E-state index < -0.39 is 0 Å². The first-order valence-electron chi connectivity index (χ1n) is 6.46. The Kier molecular flexibility index (Phi) is 3.58. The van der Waals surface area contributed by atoms with Crippen molar-refractivity contribution in [3.05, 3.63) is 0 Å². The molecule has 0 unspecified atom stereocenters. The lowest BCUT2D eigenvalue weighted by Crippen LogP contribution is -2.32. The second-order valence-corrected chi connectivity index (χ2v) is 5.20. The average molecular weight is 207 g/mol. The highest BCUT2D eigenvalue weighted by molar-refractivity contribution is 5.35. The Balaban J connectivity index is 2.11. The van der Waals surface area contributed by atoms with Gasteiger partial charge in [0.2, 0.25) is 6.08 Å². The van der Waals surface area contributed by atoms with Crippen molar-refractivity contribution < 1.29 is 4.79 Å². The van der Waals surface area contributed by atoms with Crippen LogP contribution in [0.25, 0.3) is 0 Å². The maximum atomic E-state index is 10.6. The molecular weight excluding hydrogens is 186 g/mol. The minimum absolute atomic E-state index is 0.00604. The van der Waals surface area contributed by atoms with Gasteiger partial charge in [-0.3, -0.25) is 0 Å². The van der Waals surface area contributed by atoms with Crippen LogP contribution < -0.4 is 0 Å². The molecule has 0 saturated heterocycles. The number of carbonyl (C=O) groups excluding carboxylic acids is 1. The average Bonchev–Trinajstić information content (AvgIpc) is 2.54. The van der Waals surface area contributed by atoms with Crippen LogP contribution in [0, 0.1) is 5.92 Å². The molecule has 2 rings (SSSR count). The Morgan fingerprint density at radius 3 is 2.07 bits per heavy atom. The Bertz CT molecular complexity index is 241. The van der Waals surface area contributed by atoms with E-state index in [0.29, 0.717) is 5.92 Å². The number of aliphatic imine (C=N–C) groups is 1. The summed E-state index contributed by atoms with van der Waals surface area (Å²) in [5.74, 6) is 0.670. The van der Waals surface area contributed by atoms with E-state index in [1.165, 1.54) is 51.4 Å². The molecule has 84 valence electrons. The first-order valence-corrected chi connectivity index (χ1v) is 6.46. The SMILES string of the molecule is O=C=NC1(C2CCCCCC2)CCCC1. The summed E-state index contributed by atoms with van der Waals surface area (Å²) in [6, 6.07) is 0. The monoisotopic (exact) mass is 207 g/mol. The largest absolute Gasteiger partial charge is 0.235 e. The number of nitrogens with zero attached hydrogens (tertiary/aromatic N) is 1. The topological polar surface area (TPSA) is 29.4 Å². The molecule has 0 N–H and O–H groups in total. The lowest BCUT2D eigenvalue weighted by molar-refractivity contribution is 0.250. The zero-order valence-corrected chi connectivity index (χ0v) is 9.50. The van der Waals surface area contributed by atoms with Crippen LogP contribution >= 0.6 is 0 Å². The van der Waals surface area contributed by atoms with E-state index >= 15 is 0 Å². The molecule has 0 bridgehead atoms. The zero-order valence-electron chi connectivity index (χ0n) is 9.50. The van der Waals surface area contributed by atoms with Crippen LogP contribution in [0.5, 0.6) is 0 Å². The van der Waals surface area contributed by atoms with Crippen LogP contribution in [0.1, 0.15) is 64.2 Å². The zero-order chi connectivity index (χ0) is 10.6. The molecule has 0 aromatic rings. The Morgan fingerprint density at radius 1 is 0.933 bits per heavy atom. The van der Waals surface area contributed by atoms with Crippen LogP contribution in [-0.2, 0) is 4.79 Å². The fraction of sp³-hybridized carbons (Fsp3) is 0.923. The quantitative estimate of drug-likeness (QED) is 0.386. The summed E-state index contributed by atoms with van der Waals surface area (Å²) in [4.78, 5) is 14.8. The highest BCUT2D eigenvalue weighted by atomic mass is 16.1. The van der Waals surface area contributed by atoms with Crippen LogP contribution in [0.2, 0.25) is 0 Å². The maximum Gasteiger partial charge on any atom is 0.235 e. The minimum atomic E-state index is 0.00604. The van der Waals surface area contributed by atoms with E-state index in [0.717, 1.165) is 12.8 Å². The van der Waals surface area contributed by atoms with E-state index in [4.69, 9.17) is 0 Å². The van der Waals surface area contributed by atoms with Gasteiger partial charge in [0.15, 0.2) is 0 Å². The third kappa shape index (κ3) is 2.31. The van der Waals surface area contributed by atoms with Gasteiger partial charge in [0, 0.05) is 0 Å². The van der Waals surface area contributed by atoms with Crippen molar-refractivity contribution in [1.82, 2.24) is 0 Å². The molecule has 0 amide bonds. The van der Waals surface area contributed by atoms with E-state index in [9.17, 15) is 4.79 Å². The van der Waals surface area contributed by atoms with Gasteiger partial charge in [-0.25, -0.2) is 4.79 Å². The van der Waals surface area contributed by atoms with E-state index in [2.05, 4.69) is 4.99 Å². The Morgan fingerprint density at radius 2 is 1.53 bits per heavy atom. The number of hydrogen-bond acceptors (Lipinski definition) is 2. The molecule has 0 radical (unpaired) electrons. The molecule has 0 aromatic heterocycles. The van der Waals surface area contributed by atoms with E-state index in [1.807, 2.05) is 6.08 Å². The van der Waals surface area contributed by atoms with Crippen molar-refractivity contribution in [2.75, 3.05) is 0 Å². The standard InChI is InChI=1S/C13H21NO/c15-11-14-13(9-5-6-10-13)12-7-3-1-2-4-8-12/h12H,1-10H2. The van der Waals surface area contributed by atoms with Crippen molar-refractivity contribution in [1.29, 1.82) is 0 Å². The fourth-order valence-corrected chi connectivity index (χ4v) is 3.51. The Hall–Kier alpha value is -0.620. The fourth-order valence-electron chi connectivity index (χ4n) is 3.51. The van der Waals surface area contributed by atoms with Crippen LogP contribution in [0.4, 0.5) is 0 Å². The summed E-state index contributed by atoms with van der Waals surface area (Å²) >= 11 is 0. The van der Waals surface area contributed by atoms with E-state index in [1.54, 1.807) is 0 Å². The first kappa shape index (κ1) is 10.9. The third-order valence-corrected chi connectivity index (χ3v) is 4.35. The predicted molar refractivity (Wildman–Crippen MR) is 60.5 cm³/mol. The lowest BCUT2D eigenvalue weighted by Gasteiger charge is -2.32.